The van der Waals surface area contributed by atoms with Crippen LogP contribution < -0.4 is 33.7 Å². The smallest absolute Gasteiger partial charge is 0.350 e. The predicted molar refractivity (Wildman–Crippen MR) is 372 cm³/mol. The first-order valence-corrected chi connectivity index (χ1v) is 33.5. The van der Waals surface area contributed by atoms with Crippen molar-refractivity contribution in [3.63, 3.8) is 0 Å². The highest BCUT2D eigenvalue weighted by molar-refractivity contribution is 7.51. The molecule has 5 fully saturated rings. The van der Waals surface area contributed by atoms with Crippen LogP contribution >= 0.6 is 7.60 Å². The minimum atomic E-state index is -4.33. The number of carbonyl (C=O) groups is 5. The van der Waals surface area contributed by atoms with Gasteiger partial charge in [0.05, 0.1) is 48.6 Å². The number of fused-ring (bicyclic) bond motifs is 3. The van der Waals surface area contributed by atoms with Crippen LogP contribution in [0.15, 0.2) is 138 Å². The van der Waals surface area contributed by atoms with E-state index in [0.29, 0.717) is 37.4 Å². The van der Waals surface area contributed by atoms with E-state index in [0.717, 1.165) is 26.2 Å². The normalized spacial score (nSPS) is 28.2. The van der Waals surface area contributed by atoms with E-state index in [1.165, 1.54) is 78.2 Å². The van der Waals surface area contributed by atoms with Gasteiger partial charge < -0.3 is 72.6 Å². The van der Waals surface area contributed by atoms with E-state index in [1.807, 2.05) is 6.08 Å². The Kier molecular flexibility index (Phi) is 37.0. The maximum absolute atomic E-state index is 12.0. The molecule has 0 amide bonds. The Morgan fingerprint density at radius 3 is 1.33 bits per heavy atom. The summed E-state index contributed by atoms with van der Waals surface area (Å²) in [6.45, 7) is 15.3. The van der Waals surface area contributed by atoms with Gasteiger partial charge in [-0.1, -0.05) is 90.0 Å². The molecule has 3 aliphatic heterocycles. The summed E-state index contributed by atoms with van der Waals surface area (Å²) in [5.41, 5.74) is -2.90. The number of aromatic nitrogens is 6. The Morgan fingerprint density at radius 2 is 0.990 bits per heavy atom. The molecule has 103 heavy (non-hydrogen) atoms. The molecule has 576 valence electrons. The third-order valence-electron chi connectivity index (χ3n) is 15.2. The van der Waals surface area contributed by atoms with Crippen LogP contribution in [0.5, 0.6) is 0 Å². The molecule has 13 rings (SSSR count). The number of nitrogens with one attached hydrogen (secondary N) is 3. The molecule has 0 bridgehead atoms. The van der Waals surface area contributed by atoms with Gasteiger partial charge >= 0.3 is 54.5 Å². The number of H-pyrrole nitrogens is 3. The lowest BCUT2D eigenvalue weighted by molar-refractivity contribution is -0.231. The molecular formula is C68H101N6O28P. The highest BCUT2D eigenvalue weighted by Gasteiger charge is 2.56. The Hall–Kier alpha value is -8.22. The van der Waals surface area contributed by atoms with E-state index in [9.17, 15) is 67.5 Å². The number of aromatic amines is 3. The highest BCUT2D eigenvalue weighted by Crippen LogP contribution is 2.47. The monoisotopic (exact) mass is 1480 g/mol. The molecule has 0 aromatic carbocycles. The fourth-order valence-electron chi connectivity index (χ4n) is 11.2. The summed E-state index contributed by atoms with van der Waals surface area (Å²) < 4.78 is 62.3. The second-order valence-corrected chi connectivity index (χ2v) is 26.3. The van der Waals surface area contributed by atoms with Crippen LogP contribution in [0.25, 0.3) is 0 Å². The molecule has 0 radical (unpaired) electrons. The summed E-state index contributed by atoms with van der Waals surface area (Å²) in [5, 5.41) is 35.5. The van der Waals surface area contributed by atoms with Crippen LogP contribution in [-0.2, 0) is 76.1 Å². The van der Waals surface area contributed by atoms with Crippen molar-refractivity contribution >= 4 is 37.4 Å². The molecule has 7 aliphatic carbocycles. The van der Waals surface area contributed by atoms with Gasteiger partial charge in [0.2, 0.25) is 0 Å². The minimum Gasteiger partial charge on any atom is -0.458 e. The van der Waals surface area contributed by atoms with Crippen molar-refractivity contribution in [2.75, 3.05) is 6.35 Å². The number of nitrogens with zero attached hydrogens (tertiary/aromatic N) is 3. The molecule has 35 heteroatoms. The molecule has 3 aromatic rings. The molecule has 3 saturated heterocycles. The van der Waals surface area contributed by atoms with Crippen molar-refractivity contribution in [3.8, 4) is 0 Å². The molecule has 16 atom stereocenters. The van der Waals surface area contributed by atoms with Gasteiger partial charge in [0, 0.05) is 84.2 Å². The number of epoxide rings is 1. The van der Waals surface area contributed by atoms with Gasteiger partial charge in [0.1, 0.15) is 49.1 Å². The third-order valence-corrected chi connectivity index (χ3v) is 15.7. The highest BCUT2D eigenvalue weighted by atomic mass is 31.2. The lowest BCUT2D eigenvalue weighted by atomic mass is 10.1. The zero-order chi connectivity index (χ0) is 74.4. The summed E-state index contributed by atoms with van der Waals surface area (Å²) in [7, 11) is -4.33. The van der Waals surface area contributed by atoms with Gasteiger partial charge in [-0.25, -0.2) is 19.2 Å². The second kappa shape index (κ2) is 41.9. The molecule has 9 N–H and O–H groups in total. The zero-order valence-corrected chi connectivity index (χ0v) is 57.6. The quantitative estimate of drug-likeness (QED) is 0.0222. The maximum Gasteiger partial charge on any atom is 0.350 e. The number of aliphatic hydroxyl groups is 3. The molecule has 2 saturated carbocycles. The van der Waals surface area contributed by atoms with Crippen LogP contribution in [0.4, 0.5) is 0 Å². The summed E-state index contributed by atoms with van der Waals surface area (Å²) in [6.07, 6.45) is 28.5. The molecule has 3 aromatic heterocycles. The van der Waals surface area contributed by atoms with Crippen molar-refractivity contribution in [1.29, 1.82) is 0 Å². The van der Waals surface area contributed by atoms with Gasteiger partial charge in [-0.05, 0) is 77.9 Å². The lowest BCUT2D eigenvalue weighted by Gasteiger charge is -2.24. The Bertz CT molecular complexity index is 3810. The summed E-state index contributed by atoms with van der Waals surface area (Å²) in [6, 6.07) is 2.81. The summed E-state index contributed by atoms with van der Waals surface area (Å²) >= 11 is 0. The Labute approximate surface area is 594 Å². The number of hydrogen-bond donors (Lipinski definition) is 9. The largest absolute Gasteiger partial charge is 0.458 e. The van der Waals surface area contributed by atoms with Crippen molar-refractivity contribution < 1.29 is 106 Å². The second-order valence-electron chi connectivity index (χ2n) is 24.8. The van der Waals surface area contributed by atoms with Crippen molar-refractivity contribution in [2.24, 2.45) is 5.92 Å². The van der Waals surface area contributed by atoms with Gasteiger partial charge in [-0.3, -0.25) is 66.8 Å². The first-order chi connectivity index (χ1) is 46.8. The van der Waals surface area contributed by atoms with E-state index in [-0.39, 0.29) is 64.9 Å². The fourth-order valence-corrected chi connectivity index (χ4v) is 11.6. The Morgan fingerprint density at radius 1 is 0.553 bits per heavy atom. The summed E-state index contributed by atoms with van der Waals surface area (Å²) in [4.78, 5) is 146. The van der Waals surface area contributed by atoms with Gasteiger partial charge in [0.25, 0.3) is 16.7 Å². The van der Waals surface area contributed by atoms with E-state index in [1.54, 1.807) is 52.0 Å². The number of esters is 4. The predicted octanol–water partition coefficient (Wildman–Crippen LogP) is 4.28. The minimum absolute atomic E-state index is 0. The maximum atomic E-state index is 12.0. The van der Waals surface area contributed by atoms with Gasteiger partial charge in [-0.15, -0.1) is 0 Å². The topological polar surface area (TPSA) is 484 Å². The van der Waals surface area contributed by atoms with Crippen molar-refractivity contribution in [2.45, 2.75) is 239 Å². The standard InChI is InChI=1S/C13H19N2O8P.C12H16N2O5.C9H10N2O3.C8H12O2.C7H10O3.C5H6O.C5H6.C4H6O3.C2H4O3.3CH4/c1-13(2)22-10-7(15-4-3-9(16)14-12(15)17)5-8(11(10)23-13)21-6-24(18,19)20;1-12(2)18-9-6(5-7(15)10(9)19-12)14-4-3-8(16)13-11(14)17;12-7-2-1-6(5-7)11-4-3-8(13)10-9(11)14;1-6-3-4-8(5-6)10-7(2)9;1-5(8)10-7-3-2-6(9)4-7;1-2-4-5(3-1)6-4;1-2-4-5-3-1;1-3(5)7-4(2)6;1-2(3)5-4;;;/h3-4,7-8,10-11H,5-6H2,1-2H3,(H,14,16,17)(H2,18,19,20);3-4,6-7,9-10,15H,5H2,1-2H3,(H,13,16,17);1-4,6-7,12H,5H2,(H,10,13,14);3-4,6,8H,5H2,1-2H3;2-3,6-7,9H,4H2,1H3;1-2,4-5H,3H2;1-4H,5H2;1-2H3;4H,1H3;3*1H4/t7-,8+,10?,11?;6-,7+,9?,10?;6-,7+;6-,8+;6-,7+;;;;;;;/m11011......./s1. The van der Waals surface area contributed by atoms with Crippen LogP contribution in [0.3, 0.4) is 0 Å². The SMILES string of the molecule is C.C.C.C1=CC2OC2C1.C1=CCC=C1.CC(=O)OC(C)=O.CC(=O)OO.CC(=O)O[C@H]1C=C[C@@H](C)C1.CC(=O)O[C@H]1C=C[C@@H](O)C1.CC1(C)OC2C(O1)[C@@H](O)C[C@H]2n1ccc(=O)[nH]c1=O.CC1(C)OC2C(O1)[C@H](n1ccc(=O)[nH]c1=O)C[C@@H]2OCP(=O)(O)O.O=c1ccn([C@H]2C=C[C@@H](O)C2)c(=O)[nH]1. The summed E-state index contributed by atoms with van der Waals surface area (Å²) in [5.74, 6) is -3.44. The number of aliphatic hydroxyl groups excluding tert-OH is 3. The fraction of sp³-hybridized carbons (Fsp3) is 0.574. The van der Waals surface area contributed by atoms with Crippen LogP contribution in [0, 0.1) is 5.92 Å². The Balaban J connectivity index is 0.000000412. The van der Waals surface area contributed by atoms with E-state index < -0.39 is 132 Å². The lowest BCUT2D eigenvalue weighted by Crippen LogP contribution is -2.36. The number of carbonyl (C=O) groups excluding carboxylic acids is 5. The molecule has 34 nitrogen and oxygen atoms in total. The van der Waals surface area contributed by atoms with Gasteiger partial charge in [0.15, 0.2) is 11.6 Å². The number of ether oxygens (including phenoxy) is 9. The van der Waals surface area contributed by atoms with Gasteiger partial charge in [-0.2, -0.15) is 5.26 Å². The van der Waals surface area contributed by atoms with Crippen LogP contribution in [0.2, 0.25) is 0 Å². The number of rotatable bonds is 8. The third kappa shape index (κ3) is 31.3. The van der Waals surface area contributed by atoms with Crippen molar-refractivity contribution in [3.05, 3.63) is 172 Å². The molecule has 6 unspecified atom stereocenters. The van der Waals surface area contributed by atoms with Crippen LogP contribution in [0.1, 0.15) is 155 Å². The first kappa shape index (κ1) is 90.9. The van der Waals surface area contributed by atoms with Crippen molar-refractivity contribution in [1.82, 2.24) is 28.7 Å². The number of allylic oxidation sites excluding steroid dienone is 6. The van der Waals surface area contributed by atoms with Crippen LogP contribution in [-0.4, -0.2) is 180 Å². The van der Waals surface area contributed by atoms with E-state index >= 15 is 0 Å². The first-order valence-electron chi connectivity index (χ1n) is 31.7. The molecule has 6 heterocycles. The number of hydrogen-bond acceptors (Lipinski definition) is 26. The molecule has 10 aliphatic rings. The average Bonchev–Trinajstić information content (AvgIpc) is 1.61. The molecule has 0 spiro atoms. The molecular weight excluding hydrogens is 1380 g/mol. The van der Waals surface area contributed by atoms with E-state index in [2.05, 4.69) is 74.0 Å². The van der Waals surface area contributed by atoms with E-state index in [4.69, 9.17) is 58.0 Å². The average molecular weight is 1480 g/mol. The zero-order valence-electron chi connectivity index (χ0n) is 56.7.